The Kier molecular flexibility index (Phi) is 3.49. The van der Waals surface area contributed by atoms with Gasteiger partial charge in [0.1, 0.15) is 0 Å². The third kappa shape index (κ3) is 2.03. The van der Waals surface area contributed by atoms with Crippen LogP contribution in [0, 0.1) is 28.6 Å². The van der Waals surface area contributed by atoms with Crippen LogP contribution in [0.25, 0.3) is 10.8 Å². The van der Waals surface area contributed by atoms with Crippen LogP contribution in [0.4, 0.5) is 5.69 Å². The lowest BCUT2D eigenvalue weighted by molar-refractivity contribution is 1.34. The van der Waals surface area contributed by atoms with Crippen molar-refractivity contribution in [3.8, 4) is 0 Å². The number of hydrogen-bond acceptors (Lipinski definition) is 7. The minimum atomic E-state index is -3.45. The fraction of sp³-hybridized carbons (Fsp3) is 0.167. The molecule has 0 aliphatic carbocycles. The third-order valence-corrected chi connectivity index (χ3v) is 4.64. The standard InChI is InChI=1S/C12H12N4O3S/c1-7-4-10(20(14-17,15-18)16-19)5-9-3-8(2)12(13)6-11(7)9/h3-6H,13H2,1-2H3. The van der Waals surface area contributed by atoms with Gasteiger partial charge in [0, 0.05) is 19.4 Å². The van der Waals surface area contributed by atoms with E-state index in [1.165, 1.54) is 12.1 Å². The summed E-state index contributed by atoms with van der Waals surface area (Å²) in [6.07, 6.45) is 0. The summed E-state index contributed by atoms with van der Waals surface area (Å²) in [5.74, 6) is 0. The van der Waals surface area contributed by atoms with Gasteiger partial charge in [0.05, 0.1) is 4.90 Å². The zero-order chi connectivity index (χ0) is 14.9. The Morgan fingerprint density at radius 2 is 1.50 bits per heavy atom. The summed E-state index contributed by atoms with van der Waals surface area (Å²) >= 11 is 0. The highest BCUT2D eigenvalue weighted by Crippen LogP contribution is 2.60. The van der Waals surface area contributed by atoms with E-state index in [-0.39, 0.29) is 4.90 Å². The van der Waals surface area contributed by atoms with Crippen LogP contribution in [0.3, 0.4) is 0 Å². The van der Waals surface area contributed by atoms with E-state index in [9.17, 15) is 14.7 Å². The second-order valence-corrected chi connectivity index (χ2v) is 6.37. The van der Waals surface area contributed by atoms with Crippen LogP contribution in [0.2, 0.25) is 0 Å². The van der Waals surface area contributed by atoms with Crippen LogP contribution >= 0.6 is 10.6 Å². The molecule has 0 bridgehead atoms. The number of aryl methyl sites for hydroxylation is 2. The van der Waals surface area contributed by atoms with Crippen molar-refractivity contribution in [2.45, 2.75) is 18.7 Å². The van der Waals surface area contributed by atoms with E-state index in [2.05, 4.69) is 13.7 Å². The Labute approximate surface area is 116 Å². The summed E-state index contributed by atoms with van der Waals surface area (Å²) in [6.45, 7) is 3.62. The Bertz CT molecular complexity index is 710. The first-order valence-electron chi connectivity index (χ1n) is 5.65. The van der Waals surface area contributed by atoms with Crippen molar-refractivity contribution in [1.29, 1.82) is 0 Å². The fourth-order valence-corrected chi connectivity index (χ4v) is 2.98. The lowest BCUT2D eigenvalue weighted by Gasteiger charge is -2.16. The summed E-state index contributed by atoms with van der Waals surface area (Å²) in [4.78, 5) is 32.6. The molecule has 0 aliphatic heterocycles. The molecule has 0 aromatic heterocycles. The van der Waals surface area contributed by atoms with Gasteiger partial charge in [-0.05, 0) is 60.0 Å². The molecule has 2 aromatic carbocycles. The number of anilines is 1. The molecule has 0 fully saturated rings. The van der Waals surface area contributed by atoms with Crippen LogP contribution in [0.15, 0.2) is 42.9 Å². The molecule has 2 rings (SSSR count). The first-order chi connectivity index (χ1) is 9.47. The number of hydrogen-bond donors (Lipinski definition) is 1. The molecule has 2 aromatic rings. The average molecular weight is 292 g/mol. The number of nitroso groups, excluding NO2 is 3. The highest BCUT2D eigenvalue weighted by atomic mass is 32.3. The molecule has 0 saturated heterocycles. The zero-order valence-electron chi connectivity index (χ0n) is 10.9. The van der Waals surface area contributed by atoms with Crippen LogP contribution in [0.5, 0.6) is 0 Å². The summed E-state index contributed by atoms with van der Waals surface area (Å²) in [5, 5.41) is 1.62. The van der Waals surface area contributed by atoms with E-state index in [4.69, 9.17) is 5.73 Å². The molecule has 0 heterocycles. The molecule has 0 amide bonds. The van der Waals surface area contributed by atoms with E-state index in [1.54, 1.807) is 13.0 Å². The van der Waals surface area contributed by atoms with Gasteiger partial charge in [-0.3, -0.25) is 0 Å². The first-order valence-corrected chi connectivity index (χ1v) is 7.15. The molecule has 8 heteroatoms. The normalized spacial score (nSPS) is 12.1. The number of benzene rings is 2. The number of fused-ring (bicyclic) bond motifs is 1. The zero-order valence-corrected chi connectivity index (χ0v) is 11.7. The number of nitrogen functional groups attached to an aromatic ring is 1. The first kappa shape index (κ1) is 14.1. The van der Waals surface area contributed by atoms with Crippen molar-refractivity contribution in [3.05, 3.63) is 50.1 Å². The predicted molar refractivity (Wildman–Crippen MR) is 81.1 cm³/mol. The van der Waals surface area contributed by atoms with Crippen LogP contribution in [-0.4, -0.2) is 0 Å². The molecular weight excluding hydrogens is 280 g/mol. The summed E-state index contributed by atoms with van der Waals surface area (Å²) in [5.41, 5.74) is 8.11. The average Bonchev–Trinajstić information content (AvgIpc) is 2.44. The summed E-state index contributed by atoms with van der Waals surface area (Å²) < 4.78 is 7.69. The molecule has 0 radical (unpaired) electrons. The van der Waals surface area contributed by atoms with Crippen molar-refractivity contribution in [1.82, 2.24) is 0 Å². The fourth-order valence-electron chi connectivity index (χ4n) is 2.02. The molecule has 2 N–H and O–H groups in total. The molecule has 0 aliphatic rings. The van der Waals surface area contributed by atoms with Gasteiger partial charge < -0.3 is 5.73 Å². The van der Waals surface area contributed by atoms with Crippen molar-refractivity contribution >= 4 is 27.0 Å². The SMILES string of the molecule is Cc1cc2cc(S(N=O)(N=O)N=O)cc(C)c2cc1N. The molecular formula is C12H12N4O3S. The van der Waals surface area contributed by atoms with Crippen molar-refractivity contribution in [3.63, 3.8) is 0 Å². The molecule has 0 saturated carbocycles. The van der Waals surface area contributed by atoms with Gasteiger partial charge >= 0.3 is 0 Å². The second kappa shape index (κ2) is 4.97. The Balaban J connectivity index is 2.81. The second-order valence-electron chi connectivity index (χ2n) is 4.41. The third-order valence-electron chi connectivity index (χ3n) is 3.15. The minimum Gasteiger partial charge on any atom is -0.398 e. The van der Waals surface area contributed by atoms with Gasteiger partial charge in [0.25, 0.3) is 0 Å². The van der Waals surface area contributed by atoms with E-state index >= 15 is 0 Å². The molecule has 0 atom stereocenters. The van der Waals surface area contributed by atoms with Gasteiger partial charge in [0.15, 0.2) is 10.6 Å². The smallest absolute Gasteiger partial charge is 0.197 e. The maximum Gasteiger partial charge on any atom is 0.197 e. The van der Waals surface area contributed by atoms with Gasteiger partial charge in [-0.15, -0.1) is 14.7 Å². The van der Waals surface area contributed by atoms with E-state index in [1.807, 2.05) is 13.0 Å². The van der Waals surface area contributed by atoms with Crippen molar-refractivity contribution < 1.29 is 0 Å². The van der Waals surface area contributed by atoms with Crippen molar-refractivity contribution in [2.24, 2.45) is 13.7 Å². The Morgan fingerprint density at radius 1 is 0.900 bits per heavy atom. The molecule has 104 valence electrons. The van der Waals surface area contributed by atoms with E-state index < -0.39 is 10.6 Å². The highest BCUT2D eigenvalue weighted by Gasteiger charge is 2.32. The lowest BCUT2D eigenvalue weighted by atomic mass is 10.0. The van der Waals surface area contributed by atoms with E-state index in [0.29, 0.717) is 5.69 Å². The number of rotatable bonds is 4. The maximum atomic E-state index is 10.8. The number of nitrogens with two attached hydrogens (primary N) is 1. The van der Waals surface area contributed by atoms with Gasteiger partial charge in [-0.1, -0.05) is 0 Å². The van der Waals surface area contributed by atoms with Crippen molar-refractivity contribution in [2.75, 3.05) is 5.73 Å². The maximum absolute atomic E-state index is 10.8. The van der Waals surface area contributed by atoms with Crippen LogP contribution < -0.4 is 5.73 Å². The monoisotopic (exact) mass is 292 g/mol. The quantitative estimate of drug-likeness (QED) is 0.670. The lowest BCUT2D eigenvalue weighted by Crippen LogP contribution is -1.94. The molecule has 0 unspecified atom stereocenters. The Morgan fingerprint density at radius 3 is 2.05 bits per heavy atom. The van der Waals surface area contributed by atoms with E-state index in [0.717, 1.165) is 21.9 Å². The molecule has 7 nitrogen and oxygen atoms in total. The van der Waals surface area contributed by atoms with Crippen LogP contribution in [-0.2, 0) is 0 Å². The topological polar surface area (TPSA) is 114 Å². The highest BCUT2D eigenvalue weighted by molar-refractivity contribution is 8.30. The van der Waals surface area contributed by atoms with Crippen LogP contribution in [0.1, 0.15) is 11.1 Å². The molecule has 0 spiro atoms. The number of nitrogens with zero attached hydrogens (tertiary/aromatic N) is 3. The summed E-state index contributed by atoms with van der Waals surface area (Å²) in [7, 11) is -3.45. The van der Waals surface area contributed by atoms with Gasteiger partial charge in [0.2, 0.25) is 0 Å². The minimum absolute atomic E-state index is 0.131. The predicted octanol–water partition coefficient (Wildman–Crippen LogP) is 4.25. The van der Waals surface area contributed by atoms with Gasteiger partial charge in [-0.2, -0.15) is 0 Å². The Hall–Kier alpha value is -2.35. The largest absolute Gasteiger partial charge is 0.398 e. The summed E-state index contributed by atoms with van der Waals surface area (Å²) in [6, 6.07) is 6.68. The molecule has 20 heavy (non-hydrogen) atoms. The van der Waals surface area contributed by atoms with Gasteiger partial charge in [-0.25, -0.2) is 0 Å².